The van der Waals surface area contributed by atoms with Crippen molar-refractivity contribution < 1.29 is 0 Å². The molecule has 0 spiro atoms. The highest BCUT2D eigenvalue weighted by atomic mass is 79.9. The van der Waals surface area contributed by atoms with E-state index in [2.05, 4.69) is 20.9 Å². The molecule has 0 aliphatic carbocycles. The molecular formula is C7H2BrN3. The highest BCUT2D eigenvalue weighted by Crippen LogP contribution is 2.11. The van der Waals surface area contributed by atoms with Crippen molar-refractivity contribution in [1.82, 2.24) is 4.98 Å². The Bertz CT molecular complexity index is 359. The summed E-state index contributed by atoms with van der Waals surface area (Å²) in [7, 11) is 0. The Labute approximate surface area is 72.0 Å². The van der Waals surface area contributed by atoms with E-state index in [1.165, 1.54) is 6.20 Å². The lowest BCUT2D eigenvalue weighted by molar-refractivity contribution is 1.23. The van der Waals surface area contributed by atoms with Crippen LogP contribution in [0.3, 0.4) is 0 Å². The van der Waals surface area contributed by atoms with Crippen LogP contribution in [-0.2, 0) is 0 Å². The molecule has 0 bridgehead atoms. The maximum Gasteiger partial charge on any atom is 0.158 e. The summed E-state index contributed by atoms with van der Waals surface area (Å²) in [6, 6.07) is 5.25. The van der Waals surface area contributed by atoms with Crippen LogP contribution in [0.15, 0.2) is 16.7 Å². The van der Waals surface area contributed by atoms with Gasteiger partial charge in [-0.1, -0.05) is 0 Å². The first-order chi connectivity index (χ1) is 5.27. The lowest BCUT2D eigenvalue weighted by Crippen LogP contribution is -1.87. The normalized spacial score (nSPS) is 8.27. The maximum absolute atomic E-state index is 8.51. The Morgan fingerprint density at radius 1 is 1.36 bits per heavy atom. The molecule has 0 saturated heterocycles. The first-order valence-electron chi connectivity index (χ1n) is 2.73. The summed E-state index contributed by atoms with van der Waals surface area (Å²) in [4.78, 5) is 3.74. The number of hydrogen-bond acceptors (Lipinski definition) is 3. The smallest absolute Gasteiger partial charge is 0.158 e. The van der Waals surface area contributed by atoms with Crippen molar-refractivity contribution in [3.63, 3.8) is 0 Å². The van der Waals surface area contributed by atoms with Gasteiger partial charge in [0.15, 0.2) is 5.69 Å². The minimum Gasteiger partial charge on any atom is -0.243 e. The molecule has 0 fully saturated rings. The molecule has 52 valence electrons. The fraction of sp³-hybridized carbons (Fsp3) is 0. The van der Waals surface area contributed by atoms with Crippen molar-refractivity contribution in [3.05, 3.63) is 28.0 Å². The number of pyridine rings is 1. The van der Waals surface area contributed by atoms with Crippen molar-refractivity contribution in [2.45, 2.75) is 0 Å². The molecule has 0 atom stereocenters. The van der Waals surface area contributed by atoms with E-state index in [-0.39, 0.29) is 5.69 Å². The van der Waals surface area contributed by atoms with Crippen molar-refractivity contribution in [2.75, 3.05) is 0 Å². The van der Waals surface area contributed by atoms with Crippen LogP contribution in [0.25, 0.3) is 0 Å². The van der Waals surface area contributed by atoms with Gasteiger partial charge in [0.1, 0.15) is 12.1 Å². The van der Waals surface area contributed by atoms with Crippen molar-refractivity contribution in [1.29, 1.82) is 10.5 Å². The average molecular weight is 208 g/mol. The minimum absolute atomic E-state index is 0.163. The second-order valence-corrected chi connectivity index (χ2v) is 2.69. The van der Waals surface area contributed by atoms with Gasteiger partial charge in [-0.05, 0) is 22.0 Å². The quantitative estimate of drug-likeness (QED) is 0.650. The fourth-order valence-electron chi connectivity index (χ4n) is 0.614. The molecule has 0 aliphatic heterocycles. The summed E-state index contributed by atoms with van der Waals surface area (Å²) in [5.74, 6) is 0. The minimum atomic E-state index is 0.163. The van der Waals surface area contributed by atoms with E-state index in [1.807, 2.05) is 12.1 Å². The molecule has 4 heteroatoms. The number of hydrogen-bond donors (Lipinski definition) is 0. The van der Waals surface area contributed by atoms with Crippen LogP contribution in [0, 0.1) is 22.7 Å². The third kappa shape index (κ3) is 1.54. The lowest BCUT2D eigenvalue weighted by Gasteiger charge is -1.91. The molecule has 1 heterocycles. The molecule has 1 aromatic heterocycles. The third-order valence-corrected chi connectivity index (χ3v) is 1.51. The van der Waals surface area contributed by atoms with Crippen LogP contribution in [-0.4, -0.2) is 4.98 Å². The van der Waals surface area contributed by atoms with Crippen LogP contribution in [0.4, 0.5) is 0 Å². The number of halogens is 1. The molecule has 0 saturated carbocycles. The van der Waals surface area contributed by atoms with E-state index in [0.717, 1.165) is 0 Å². The van der Waals surface area contributed by atoms with Crippen LogP contribution >= 0.6 is 15.9 Å². The van der Waals surface area contributed by atoms with Crippen LogP contribution < -0.4 is 0 Å². The zero-order valence-corrected chi connectivity index (χ0v) is 6.96. The zero-order chi connectivity index (χ0) is 8.27. The molecule has 11 heavy (non-hydrogen) atoms. The summed E-state index contributed by atoms with van der Waals surface area (Å²) in [6.45, 7) is 0. The van der Waals surface area contributed by atoms with Gasteiger partial charge in [-0.3, -0.25) is 0 Å². The number of aromatic nitrogens is 1. The Morgan fingerprint density at radius 3 is 2.64 bits per heavy atom. The van der Waals surface area contributed by atoms with Gasteiger partial charge in [-0.2, -0.15) is 10.5 Å². The summed E-state index contributed by atoms with van der Waals surface area (Å²) in [5, 5.41) is 17.0. The summed E-state index contributed by atoms with van der Waals surface area (Å²) >= 11 is 3.14. The first-order valence-corrected chi connectivity index (χ1v) is 3.53. The van der Waals surface area contributed by atoms with Gasteiger partial charge in [0.2, 0.25) is 0 Å². The monoisotopic (exact) mass is 207 g/mol. The SMILES string of the molecule is N#Cc1cc(Br)cnc1C#N. The number of nitriles is 2. The molecule has 0 N–H and O–H groups in total. The standard InChI is InChI=1S/C7H2BrN3/c8-6-1-5(2-9)7(3-10)11-4-6/h1,4H. The van der Waals surface area contributed by atoms with Crippen LogP contribution in [0.1, 0.15) is 11.3 Å². The Hall–Kier alpha value is -1.39. The van der Waals surface area contributed by atoms with E-state index < -0.39 is 0 Å². The second kappa shape index (κ2) is 3.14. The van der Waals surface area contributed by atoms with E-state index in [9.17, 15) is 0 Å². The highest BCUT2D eigenvalue weighted by Gasteiger charge is 2.01. The molecule has 1 aromatic rings. The van der Waals surface area contributed by atoms with Gasteiger partial charge in [0.25, 0.3) is 0 Å². The van der Waals surface area contributed by atoms with E-state index in [0.29, 0.717) is 10.0 Å². The van der Waals surface area contributed by atoms with Gasteiger partial charge in [0.05, 0.1) is 5.56 Å². The van der Waals surface area contributed by atoms with Crippen molar-refractivity contribution >= 4 is 15.9 Å². The fourth-order valence-corrected chi connectivity index (χ4v) is 0.945. The maximum atomic E-state index is 8.51. The van der Waals surface area contributed by atoms with E-state index in [4.69, 9.17) is 10.5 Å². The largest absolute Gasteiger partial charge is 0.243 e. The molecule has 0 radical (unpaired) electrons. The van der Waals surface area contributed by atoms with E-state index in [1.54, 1.807) is 6.07 Å². The highest BCUT2D eigenvalue weighted by molar-refractivity contribution is 9.10. The lowest BCUT2D eigenvalue weighted by atomic mass is 10.2. The van der Waals surface area contributed by atoms with Gasteiger partial charge in [-0.25, -0.2) is 4.98 Å². The Kier molecular flexibility index (Phi) is 2.20. The molecular weight excluding hydrogens is 206 g/mol. The van der Waals surface area contributed by atoms with Crippen LogP contribution in [0.2, 0.25) is 0 Å². The molecule has 0 aromatic carbocycles. The van der Waals surface area contributed by atoms with Gasteiger partial charge >= 0.3 is 0 Å². The Balaban J connectivity index is 3.34. The van der Waals surface area contributed by atoms with Gasteiger partial charge in [-0.15, -0.1) is 0 Å². The summed E-state index contributed by atoms with van der Waals surface area (Å²) in [6.07, 6.45) is 1.49. The predicted octanol–water partition coefficient (Wildman–Crippen LogP) is 1.59. The molecule has 1 rings (SSSR count). The molecule has 0 aliphatic rings. The van der Waals surface area contributed by atoms with Crippen molar-refractivity contribution in [3.8, 4) is 12.1 Å². The molecule has 0 unspecified atom stereocenters. The second-order valence-electron chi connectivity index (χ2n) is 1.77. The zero-order valence-electron chi connectivity index (χ0n) is 5.37. The van der Waals surface area contributed by atoms with Gasteiger partial charge in [0, 0.05) is 10.7 Å². The van der Waals surface area contributed by atoms with Gasteiger partial charge < -0.3 is 0 Å². The summed E-state index contributed by atoms with van der Waals surface area (Å²) in [5.41, 5.74) is 0.456. The van der Waals surface area contributed by atoms with E-state index >= 15 is 0 Å². The average Bonchev–Trinajstić information content (AvgIpc) is 2.04. The molecule has 0 amide bonds. The topological polar surface area (TPSA) is 60.5 Å². The molecule has 3 nitrogen and oxygen atoms in total. The Morgan fingerprint density at radius 2 is 2.09 bits per heavy atom. The van der Waals surface area contributed by atoms with Crippen molar-refractivity contribution in [2.24, 2.45) is 0 Å². The van der Waals surface area contributed by atoms with Crippen LogP contribution in [0.5, 0.6) is 0 Å². The number of rotatable bonds is 0. The predicted molar refractivity (Wildman–Crippen MR) is 41.4 cm³/mol. The summed E-state index contributed by atoms with van der Waals surface area (Å²) < 4.78 is 0.702. The number of nitrogens with zero attached hydrogens (tertiary/aromatic N) is 3. The first kappa shape index (κ1) is 7.71. The third-order valence-electron chi connectivity index (χ3n) is 1.08.